The van der Waals surface area contributed by atoms with Gasteiger partial charge in [0.25, 0.3) is 5.89 Å². The van der Waals surface area contributed by atoms with Crippen molar-refractivity contribution in [2.45, 2.75) is 26.4 Å². The van der Waals surface area contributed by atoms with Crippen molar-refractivity contribution < 1.29 is 9.26 Å². The first kappa shape index (κ1) is 17.3. The molecular weight excluding hydrogens is 346 g/mol. The summed E-state index contributed by atoms with van der Waals surface area (Å²) in [5, 5.41) is 4.06. The number of pyridine rings is 1. The highest BCUT2D eigenvalue weighted by atomic mass is 16.5. The Hall–Kier alpha value is -3.07. The van der Waals surface area contributed by atoms with Crippen LogP contribution in [0.2, 0.25) is 0 Å². The van der Waals surface area contributed by atoms with E-state index in [1.165, 1.54) is 0 Å². The molecule has 3 aromatic heterocycles. The van der Waals surface area contributed by atoms with Gasteiger partial charge >= 0.3 is 0 Å². The van der Waals surface area contributed by atoms with Gasteiger partial charge < -0.3 is 19.9 Å². The second-order valence-corrected chi connectivity index (χ2v) is 6.49. The van der Waals surface area contributed by atoms with E-state index in [-0.39, 0.29) is 12.1 Å². The first-order valence-electron chi connectivity index (χ1n) is 8.81. The van der Waals surface area contributed by atoms with E-state index in [4.69, 9.17) is 15.0 Å². The number of nitrogens with two attached hydrogens (primary N) is 1. The van der Waals surface area contributed by atoms with E-state index in [9.17, 15) is 0 Å². The van der Waals surface area contributed by atoms with Crippen LogP contribution < -0.4 is 10.6 Å². The summed E-state index contributed by atoms with van der Waals surface area (Å²) in [5.74, 6) is 2.15. The highest BCUT2D eigenvalue weighted by Crippen LogP contribution is 2.23. The van der Waals surface area contributed by atoms with Crippen LogP contribution in [0, 0.1) is 13.8 Å². The second-order valence-electron chi connectivity index (χ2n) is 6.49. The van der Waals surface area contributed by atoms with Gasteiger partial charge in [-0.3, -0.25) is 4.98 Å². The molecule has 27 heavy (non-hydrogen) atoms. The summed E-state index contributed by atoms with van der Waals surface area (Å²) in [6.45, 7) is 5.96. The van der Waals surface area contributed by atoms with Crippen molar-refractivity contribution >= 4 is 11.8 Å². The molecule has 9 nitrogen and oxygen atoms in total. The lowest BCUT2D eigenvalue weighted by Gasteiger charge is -2.34. The summed E-state index contributed by atoms with van der Waals surface area (Å²) >= 11 is 0. The first-order valence-corrected chi connectivity index (χ1v) is 8.81. The van der Waals surface area contributed by atoms with Crippen LogP contribution in [0.4, 0.5) is 11.8 Å². The van der Waals surface area contributed by atoms with Crippen LogP contribution in [0.1, 0.15) is 17.1 Å². The van der Waals surface area contributed by atoms with Gasteiger partial charge in [0.1, 0.15) is 11.5 Å². The van der Waals surface area contributed by atoms with Gasteiger partial charge in [-0.05, 0) is 26.0 Å². The molecule has 1 atom stereocenters. The predicted octanol–water partition coefficient (Wildman–Crippen LogP) is 1.57. The lowest BCUT2D eigenvalue weighted by atomic mass is 10.1. The highest BCUT2D eigenvalue weighted by molar-refractivity contribution is 5.51. The number of aryl methyl sites for hydroxylation is 1. The molecule has 1 fully saturated rings. The molecule has 0 bridgehead atoms. The van der Waals surface area contributed by atoms with Crippen molar-refractivity contribution in [1.29, 1.82) is 0 Å². The molecule has 3 aromatic rings. The van der Waals surface area contributed by atoms with Crippen molar-refractivity contribution in [1.82, 2.24) is 25.1 Å². The van der Waals surface area contributed by atoms with Crippen molar-refractivity contribution in [2.75, 3.05) is 30.3 Å². The molecule has 0 spiro atoms. The van der Waals surface area contributed by atoms with Gasteiger partial charge in [0.2, 0.25) is 5.95 Å². The molecule has 9 heteroatoms. The summed E-state index contributed by atoms with van der Waals surface area (Å²) in [5.41, 5.74) is 8.41. The van der Waals surface area contributed by atoms with E-state index in [1.54, 1.807) is 6.20 Å². The van der Waals surface area contributed by atoms with Crippen LogP contribution in [-0.4, -0.2) is 50.9 Å². The molecular formula is C18H21N7O2. The van der Waals surface area contributed by atoms with E-state index in [1.807, 2.05) is 32.0 Å². The number of nitrogen functional groups attached to an aromatic ring is 1. The lowest BCUT2D eigenvalue weighted by molar-refractivity contribution is 0.0392. The van der Waals surface area contributed by atoms with E-state index in [2.05, 4.69) is 30.0 Å². The fourth-order valence-electron chi connectivity index (χ4n) is 3.11. The van der Waals surface area contributed by atoms with Crippen LogP contribution in [-0.2, 0) is 11.2 Å². The second kappa shape index (κ2) is 7.28. The third-order valence-electron chi connectivity index (χ3n) is 4.58. The van der Waals surface area contributed by atoms with Gasteiger partial charge in [-0.25, -0.2) is 4.98 Å². The number of morpholine rings is 1. The lowest BCUT2D eigenvalue weighted by Crippen LogP contribution is -2.44. The summed E-state index contributed by atoms with van der Waals surface area (Å²) in [4.78, 5) is 19.5. The van der Waals surface area contributed by atoms with E-state index >= 15 is 0 Å². The van der Waals surface area contributed by atoms with E-state index in [0.717, 1.165) is 23.6 Å². The van der Waals surface area contributed by atoms with Crippen LogP contribution in [0.25, 0.3) is 11.6 Å². The standard InChI is InChI=1S/C18H21N7O2/c1-11-12(2)21-18(19)23-16(11)25-7-8-26-13(10-25)9-15-22-17(27-24-15)14-5-3-4-6-20-14/h3-6,13H,7-10H2,1-2H3,(H2,19,21,23). The monoisotopic (exact) mass is 367 g/mol. The number of anilines is 2. The zero-order valence-electron chi connectivity index (χ0n) is 15.3. The Kier molecular flexibility index (Phi) is 4.68. The van der Waals surface area contributed by atoms with Gasteiger partial charge in [0.05, 0.1) is 12.7 Å². The van der Waals surface area contributed by atoms with Crippen LogP contribution in [0.3, 0.4) is 0 Å². The van der Waals surface area contributed by atoms with Gasteiger partial charge in [-0.15, -0.1) is 0 Å². The van der Waals surface area contributed by atoms with Crippen molar-refractivity contribution in [3.63, 3.8) is 0 Å². The predicted molar refractivity (Wildman–Crippen MR) is 99.1 cm³/mol. The Bertz CT molecular complexity index is 929. The Morgan fingerprint density at radius 1 is 1.22 bits per heavy atom. The Morgan fingerprint density at radius 2 is 2.11 bits per heavy atom. The Labute approximate surface area is 156 Å². The minimum absolute atomic E-state index is 0.0659. The SMILES string of the molecule is Cc1nc(N)nc(N2CCOC(Cc3noc(-c4ccccn4)n3)C2)c1C. The van der Waals surface area contributed by atoms with Crippen molar-refractivity contribution in [2.24, 2.45) is 0 Å². The average molecular weight is 367 g/mol. The number of hydrogen-bond acceptors (Lipinski definition) is 9. The number of rotatable bonds is 4. The largest absolute Gasteiger partial charge is 0.374 e. The number of aromatic nitrogens is 5. The normalized spacial score (nSPS) is 17.3. The summed E-state index contributed by atoms with van der Waals surface area (Å²) in [6, 6.07) is 5.56. The summed E-state index contributed by atoms with van der Waals surface area (Å²) in [7, 11) is 0. The first-order chi connectivity index (χ1) is 13.1. The van der Waals surface area contributed by atoms with Gasteiger partial charge in [0, 0.05) is 37.0 Å². The van der Waals surface area contributed by atoms with E-state index in [0.29, 0.717) is 37.0 Å². The number of hydrogen-bond donors (Lipinski definition) is 1. The maximum absolute atomic E-state index is 5.90. The maximum Gasteiger partial charge on any atom is 0.276 e. The Balaban J connectivity index is 1.47. The highest BCUT2D eigenvalue weighted by Gasteiger charge is 2.25. The molecule has 0 aromatic carbocycles. The molecule has 4 rings (SSSR count). The maximum atomic E-state index is 5.90. The molecule has 0 saturated carbocycles. The minimum Gasteiger partial charge on any atom is -0.374 e. The van der Waals surface area contributed by atoms with Crippen LogP contribution in [0.15, 0.2) is 28.9 Å². The molecule has 4 heterocycles. The third kappa shape index (κ3) is 3.72. The van der Waals surface area contributed by atoms with E-state index < -0.39 is 0 Å². The fraction of sp³-hybridized carbons (Fsp3) is 0.389. The van der Waals surface area contributed by atoms with Gasteiger partial charge in [-0.1, -0.05) is 11.2 Å². The zero-order chi connectivity index (χ0) is 18.8. The smallest absolute Gasteiger partial charge is 0.276 e. The quantitative estimate of drug-likeness (QED) is 0.733. The molecule has 0 amide bonds. The average Bonchev–Trinajstić information content (AvgIpc) is 3.14. The molecule has 1 unspecified atom stereocenters. The molecule has 1 aliphatic heterocycles. The Morgan fingerprint density at radius 3 is 2.93 bits per heavy atom. The minimum atomic E-state index is -0.0659. The number of ether oxygens (including phenoxy) is 1. The summed E-state index contributed by atoms with van der Waals surface area (Å²) in [6.07, 6.45) is 2.17. The summed E-state index contributed by atoms with van der Waals surface area (Å²) < 4.78 is 11.2. The van der Waals surface area contributed by atoms with Crippen LogP contribution in [0.5, 0.6) is 0 Å². The van der Waals surface area contributed by atoms with Gasteiger partial charge in [-0.2, -0.15) is 9.97 Å². The van der Waals surface area contributed by atoms with Crippen molar-refractivity contribution in [3.05, 3.63) is 41.5 Å². The van der Waals surface area contributed by atoms with Gasteiger partial charge in [0.15, 0.2) is 5.82 Å². The molecule has 2 N–H and O–H groups in total. The molecule has 1 saturated heterocycles. The van der Waals surface area contributed by atoms with Crippen LogP contribution >= 0.6 is 0 Å². The zero-order valence-corrected chi connectivity index (χ0v) is 15.3. The molecule has 1 aliphatic rings. The molecule has 140 valence electrons. The van der Waals surface area contributed by atoms with Crippen molar-refractivity contribution in [3.8, 4) is 11.6 Å². The fourth-order valence-corrected chi connectivity index (χ4v) is 3.11. The number of nitrogens with zero attached hydrogens (tertiary/aromatic N) is 6. The topological polar surface area (TPSA) is 116 Å². The third-order valence-corrected chi connectivity index (χ3v) is 4.58. The molecule has 0 aliphatic carbocycles. The molecule has 0 radical (unpaired) electrons.